The Hall–Kier alpha value is -2.91. The van der Waals surface area contributed by atoms with E-state index in [1.165, 1.54) is 0 Å². The third-order valence-corrected chi connectivity index (χ3v) is 5.02. The van der Waals surface area contributed by atoms with Gasteiger partial charge in [0.1, 0.15) is 5.54 Å². The Morgan fingerprint density at radius 1 is 0.692 bits per heavy atom. The molecule has 3 aromatic carbocycles. The minimum atomic E-state index is -0.961. The molecule has 0 spiro atoms. The summed E-state index contributed by atoms with van der Waals surface area (Å²) in [6.45, 7) is 4.13. The first-order valence-electron chi connectivity index (χ1n) is 8.86. The van der Waals surface area contributed by atoms with Gasteiger partial charge >= 0.3 is 0 Å². The quantitative estimate of drug-likeness (QED) is 0.570. The highest BCUT2D eigenvalue weighted by Gasteiger charge is 2.57. The van der Waals surface area contributed by atoms with E-state index in [2.05, 4.69) is 19.2 Å². The van der Waals surface area contributed by atoms with E-state index >= 15 is 0 Å². The van der Waals surface area contributed by atoms with Crippen molar-refractivity contribution >= 4 is 5.71 Å². The zero-order chi connectivity index (χ0) is 18.2. The minimum absolute atomic E-state index is 0.491. The SMILES string of the molecule is CC1(C)NC(c2ccccc2)(c2ccccc2)[N+]([O-])=C1c1ccccc1. The fourth-order valence-corrected chi connectivity index (χ4v) is 3.96. The van der Waals surface area contributed by atoms with Crippen LogP contribution in [0.2, 0.25) is 0 Å². The van der Waals surface area contributed by atoms with Crippen molar-refractivity contribution in [1.29, 1.82) is 0 Å². The van der Waals surface area contributed by atoms with Crippen molar-refractivity contribution in [3.63, 3.8) is 0 Å². The van der Waals surface area contributed by atoms with E-state index in [4.69, 9.17) is 0 Å². The van der Waals surface area contributed by atoms with Crippen LogP contribution in [0, 0.1) is 5.21 Å². The molecule has 3 aromatic rings. The number of nitrogens with zero attached hydrogens (tertiary/aromatic N) is 1. The lowest BCUT2D eigenvalue weighted by Crippen LogP contribution is -2.52. The first-order chi connectivity index (χ1) is 12.6. The molecule has 0 unspecified atom stereocenters. The fraction of sp³-hybridized carbons (Fsp3) is 0.174. The van der Waals surface area contributed by atoms with Gasteiger partial charge in [-0.05, 0) is 26.0 Å². The number of nitrogens with one attached hydrogen (secondary N) is 1. The fourth-order valence-electron chi connectivity index (χ4n) is 3.96. The molecule has 0 amide bonds. The summed E-state index contributed by atoms with van der Waals surface area (Å²) in [6.07, 6.45) is 0. The standard InChI is InChI=1S/C23H22N2O/c1-22(2)21(18-12-6-3-7-13-18)25(26)23(24-22,19-14-8-4-9-15-19)20-16-10-5-11-17-20/h3-17,24H,1-2H3. The highest BCUT2D eigenvalue weighted by Crippen LogP contribution is 2.39. The van der Waals surface area contributed by atoms with E-state index in [9.17, 15) is 5.21 Å². The molecule has 0 saturated carbocycles. The Balaban J connectivity index is 2.03. The topological polar surface area (TPSA) is 38.1 Å². The molecule has 0 fully saturated rings. The van der Waals surface area contributed by atoms with Gasteiger partial charge < -0.3 is 5.21 Å². The van der Waals surface area contributed by atoms with Crippen molar-refractivity contribution in [1.82, 2.24) is 5.32 Å². The van der Waals surface area contributed by atoms with Gasteiger partial charge in [-0.1, -0.05) is 78.9 Å². The monoisotopic (exact) mass is 342 g/mol. The van der Waals surface area contributed by atoms with E-state index in [0.717, 1.165) is 27.1 Å². The zero-order valence-electron chi connectivity index (χ0n) is 15.0. The maximum absolute atomic E-state index is 13.9. The second-order valence-electron chi connectivity index (χ2n) is 7.20. The molecule has 3 heteroatoms. The molecule has 0 saturated heterocycles. The number of hydrogen-bond donors (Lipinski definition) is 1. The van der Waals surface area contributed by atoms with Crippen LogP contribution in [0.25, 0.3) is 0 Å². The average Bonchev–Trinajstić information content (AvgIpc) is 2.90. The van der Waals surface area contributed by atoms with E-state index in [0.29, 0.717) is 0 Å². The Morgan fingerprint density at radius 3 is 1.58 bits per heavy atom. The van der Waals surface area contributed by atoms with Crippen LogP contribution >= 0.6 is 0 Å². The molecule has 1 aliphatic rings. The number of hydroxylamine groups is 1. The summed E-state index contributed by atoms with van der Waals surface area (Å²) in [7, 11) is 0. The van der Waals surface area contributed by atoms with Crippen molar-refractivity contribution in [3.05, 3.63) is 113 Å². The molecule has 0 bridgehead atoms. The smallest absolute Gasteiger partial charge is 0.280 e. The van der Waals surface area contributed by atoms with Crippen LogP contribution in [0.4, 0.5) is 0 Å². The van der Waals surface area contributed by atoms with Crippen molar-refractivity contribution in [2.24, 2.45) is 0 Å². The van der Waals surface area contributed by atoms with E-state index in [1.807, 2.05) is 91.0 Å². The summed E-state index contributed by atoms with van der Waals surface area (Å²) in [5.74, 6) is 0. The third kappa shape index (κ3) is 2.44. The number of rotatable bonds is 3. The lowest BCUT2D eigenvalue weighted by atomic mass is 9.89. The molecular formula is C23H22N2O. The normalized spacial score (nSPS) is 18.1. The van der Waals surface area contributed by atoms with Crippen LogP contribution in [0.15, 0.2) is 91.0 Å². The Bertz CT molecular complexity index is 892. The van der Waals surface area contributed by atoms with Crippen LogP contribution in [0.5, 0.6) is 0 Å². The summed E-state index contributed by atoms with van der Waals surface area (Å²) in [6, 6.07) is 29.8. The largest absolute Gasteiger partial charge is 0.622 e. The summed E-state index contributed by atoms with van der Waals surface area (Å²) < 4.78 is 1.16. The van der Waals surface area contributed by atoms with Gasteiger partial charge in [-0.25, -0.2) is 5.32 Å². The zero-order valence-corrected chi connectivity index (χ0v) is 15.0. The van der Waals surface area contributed by atoms with Crippen molar-refractivity contribution in [2.75, 3.05) is 0 Å². The molecule has 0 atom stereocenters. The molecule has 1 aliphatic heterocycles. The molecular weight excluding hydrogens is 320 g/mol. The first kappa shape index (κ1) is 16.6. The van der Waals surface area contributed by atoms with Crippen LogP contribution in [0.1, 0.15) is 30.5 Å². The predicted octanol–water partition coefficient (Wildman–Crippen LogP) is 4.27. The Labute approximate surface area is 154 Å². The molecule has 1 N–H and O–H groups in total. The molecule has 0 aliphatic carbocycles. The van der Waals surface area contributed by atoms with Crippen molar-refractivity contribution in [2.45, 2.75) is 25.0 Å². The number of hydrogen-bond acceptors (Lipinski definition) is 2. The van der Waals surface area contributed by atoms with Gasteiger partial charge in [0.25, 0.3) is 5.66 Å². The van der Waals surface area contributed by atoms with Gasteiger partial charge in [-0.15, -0.1) is 0 Å². The van der Waals surface area contributed by atoms with E-state index in [1.54, 1.807) is 0 Å². The maximum Gasteiger partial charge on any atom is 0.280 e. The molecule has 4 rings (SSSR count). The maximum atomic E-state index is 13.9. The average molecular weight is 342 g/mol. The molecule has 0 radical (unpaired) electrons. The molecule has 1 heterocycles. The van der Waals surface area contributed by atoms with E-state index < -0.39 is 11.2 Å². The highest BCUT2D eigenvalue weighted by atomic mass is 16.5. The van der Waals surface area contributed by atoms with Gasteiger partial charge in [-0.2, -0.15) is 4.74 Å². The van der Waals surface area contributed by atoms with Crippen LogP contribution in [0.3, 0.4) is 0 Å². The van der Waals surface area contributed by atoms with Gasteiger partial charge in [0.05, 0.1) is 0 Å². The third-order valence-electron chi connectivity index (χ3n) is 5.02. The van der Waals surface area contributed by atoms with Crippen molar-refractivity contribution in [3.8, 4) is 0 Å². The predicted molar refractivity (Wildman–Crippen MR) is 105 cm³/mol. The van der Waals surface area contributed by atoms with Gasteiger partial charge in [0.15, 0.2) is 0 Å². The summed E-state index contributed by atoms with van der Waals surface area (Å²) in [5, 5.41) is 17.5. The molecule has 0 aromatic heterocycles. The Morgan fingerprint density at radius 2 is 1.12 bits per heavy atom. The molecule has 3 nitrogen and oxygen atoms in total. The van der Waals surface area contributed by atoms with Crippen LogP contribution < -0.4 is 5.32 Å². The van der Waals surface area contributed by atoms with Gasteiger partial charge in [0.2, 0.25) is 5.71 Å². The summed E-state index contributed by atoms with van der Waals surface area (Å²) >= 11 is 0. The second-order valence-corrected chi connectivity index (χ2v) is 7.20. The van der Waals surface area contributed by atoms with Gasteiger partial charge in [-0.3, -0.25) is 0 Å². The summed E-state index contributed by atoms with van der Waals surface area (Å²) in [5.41, 5.74) is 2.09. The lowest BCUT2D eigenvalue weighted by molar-refractivity contribution is -0.542. The lowest BCUT2D eigenvalue weighted by Gasteiger charge is -2.30. The minimum Gasteiger partial charge on any atom is -0.622 e. The second kappa shape index (κ2) is 6.11. The molecule has 130 valence electrons. The van der Waals surface area contributed by atoms with E-state index in [-0.39, 0.29) is 0 Å². The Kier molecular flexibility index (Phi) is 3.89. The van der Waals surface area contributed by atoms with Crippen LogP contribution in [-0.4, -0.2) is 16.0 Å². The first-order valence-corrected chi connectivity index (χ1v) is 8.86. The van der Waals surface area contributed by atoms with Crippen LogP contribution in [-0.2, 0) is 5.66 Å². The van der Waals surface area contributed by atoms with Crippen molar-refractivity contribution < 1.29 is 4.74 Å². The van der Waals surface area contributed by atoms with Gasteiger partial charge in [0, 0.05) is 16.7 Å². The number of benzene rings is 3. The molecule has 26 heavy (non-hydrogen) atoms. The highest BCUT2D eigenvalue weighted by molar-refractivity contribution is 6.04. The summed E-state index contributed by atoms with van der Waals surface area (Å²) in [4.78, 5) is 0.